The highest BCUT2D eigenvalue weighted by molar-refractivity contribution is 6.12. The Bertz CT molecular complexity index is 820. The number of methoxy groups -OCH3 is 3. The third-order valence-corrected chi connectivity index (χ3v) is 6.04. The van der Waals surface area contributed by atoms with Crippen LogP contribution in [0.5, 0.6) is 17.2 Å². The van der Waals surface area contributed by atoms with Crippen LogP contribution in [0.3, 0.4) is 0 Å². The Labute approximate surface area is 160 Å². The molecule has 2 aliphatic carbocycles. The number of ketones is 1. The molecule has 1 aromatic rings. The van der Waals surface area contributed by atoms with Crippen molar-refractivity contribution in [2.45, 2.75) is 45.6 Å². The molecule has 1 fully saturated rings. The van der Waals surface area contributed by atoms with E-state index in [1.807, 2.05) is 19.1 Å². The molecular weight excluding hydrogens is 344 g/mol. The van der Waals surface area contributed by atoms with E-state index in [1.54, 1.807) is 27.4 Å². The van der Waals surface area contributed by atoms with Gasteiger partial charge in [-0.3, -0.25) is 4.79 Å². The fourth-order valence-electron chi connectivity index (χ4n) is 4.51. The zero-order chi connectivity index (χ0) is 19.8. The normalized spacial score (nSPS) is 26.8. The number of fused-ring (bicyclic) bond motifs is 1. The molecule has 0 heterocycles. The summed E-state index contributed by atoms with van der Waals surface area (Å²) in [4.78, 5) is 13.0. The van der Waals surface area contributed by atoms with Crippen molar-refractivity contribution in [2.24, 2.45) is 5.41 Å². The van der Waals surface area contributed by atoms with Crippen molar-refractivity contribution in [3.63, 3.8) is 0 Å². The summed E-state index contributed by atoms with van der Waals surface area (Å²) in [5.41, 5.74) is 2.94. The molecule has 1 N–H and O–H groups in total. The first-order chi connectivity index (χ1) is 12.9. The largest absolute Gasteiger partial charge is 0.493 e. The van der Waals surface area contributed by atoms with E-state index >= 15 is 0 Å². The maximum atomic E-state index is 13.0. The lowest BCUT2D eigenvalue weighted by molar-refractivity contribution is -0.113. The van der Waals surface area contributed by atoms with Gasteiger partial charge in [-0.1, -0.05) is 12.5 Å². The van der Waals surface area contributed by atoms with Gasteiger partial charge in [0.1, 0.15) is 0 Å². The number of aliphatic hydroxyl groups excluding tert-OH is 1. The Balaban J connectivity index is 2.11. The molecular formula is C22H28O5. The van der Waals surface area contributed by atoms with Crippen LogP contribution >= 0.6 is 0 Å². The molecule has 5 nitrogen and oxygen atoms in total. The Morgan fingerprint density at radius 1 is 1.15 bits per heavy atom. The van der Waals surface area contributed by atoms with E-state index in [-0.39, 0.29) is 11.2 Å². The van der Waals surface area contributed by atoms with Crippen LogP contribution in [-0.2, 0) is 4.79 Å². The minimum absolute atomic E-state index is 0.0495. The van der Waals surface area contributed by atoms with Gasteiger partial charge in [-0.2, -0.15) is 0 Å². The highest BCUT2D eigenvalue weighted by atomic mass is 16.5. The van der Waals surface area contributed by atoms with Crippen LogP contribution in [0.25, 0.3) is 6.08 Å². The van der Waals surface area contributed by atoms with Crippen molar-refractivity contribution >= 4 is 11.9 Å². The van der Waals surface area contributed by atoms with Gasteiger partial charge in [0.2, 0.25) is 5.75 Å². The second-order valence-corrected chi connectivity index (χ2v) is 7.53. The van der Waals surface area contributed by atoms with Gasteiger partial charge in [-0.15, -0.1) is 0 Å². The third-order valence-electron chi connectivity index (χ3n) is 6.04. The van der Waals surface area contributed by atoms with E-state index in [0.717, 1.165) is 36.0 Å². The summed E-state index contributed by atoms with van der Waals surface area (Å²) in [5, 5.41) is 10.7. The molecule has 0 saturated heterocycles. The number of benzene rings is 1. The first kappa shape index (κ1) is 19.5. The summed E-state index contributed by atoms with van der Waals surface area (Å²) in [6.07, 6.45) is 4.54. The second kappa shape index (κ2) is 7.39. The summed E-state index contributed by atoms with van der Waals surface area (Å²) < 4.78 is 16.3. The quantitative estimate of drug-likeness (QED) is 0.811. The van der Waals surface area contributed by atoms with E-state index < -0.39 is 6.10 Å². The van der Waals surface area contributed by atoms with Crippen molar-refractivity contribution in [2.75, 3.05) is 21.3 Å². The number of allylic oxidation sites excluding steroid dienone is 2. The lowest BCUT2D eigenvalue weighted by atomic mass is 9.61. The van der Waals surface area contributed by atoms with Gasteiger partial charge >= 0.3 is 0 Å². The number of ether oxygens (including phenoxy) is 3. The zero-order valence-electron chi connectivity index (χ0n) is 16.7. The predicted molar refractivity (Wildman–Crippen MR) is 104 cm³/mol. The number of hydrogen-bond donors (Lipinski definition) is 1. The van der Waals surface area contributed by atoms with Gasteiger partial charge in [0.15, 0.2) is 17.3 Å². The highest BCUT2D eigenvalue weighted by Gasteiger charge is 2.45. The summed E-state index contributed by atoms with van der Waals surface area (Å²) >= 11 is 0. The molecule has 1 saturated carbocycles. The molecule has 1 aromatic carbocycles. The number of carbonyl (C=O) groups excluding carboxylic acids is 1. The van der Waals surface area contributed by atoms with Crippen molar-refractivity contribution in [1.82, 2.24) is 0 Å². The first-order valence-electron chi connectivity index (χ1n) is 9.30. The van der Waals surface area contributed by atoms with Crippen LogP contribution in [0.1, 0.15) is 45.1 Å². The maximum Gasteiger partial charge on any atom is 0.203 e. The molecule has 27 heavy (non-hydrogen) atoms. The minimum Gasteiger partial charge on any atom is -0.493 e. The molecule has 2 aliphatic rings. The number of Topliss-reactive ketones (excluding diaryl/α,β-unsaturated/α-hetero) is 1. The van der Waals surface area contributed by atoms with E-state index in [9.17, 15) is 9.90 Å². The van der Waals surface area contributed by atoms with Crippen LogP contribution in [0.15, 0.2) is 28.9 Å². The number of aliphatic hydroxyl groups is 1. The molecule has 0 radical (unpaired) electrons. The van der Waals surface area contributed by atoms with Gasteiger partial charge in [0, 0.05) is 16.6 Å². The molecule has 5 heteroatoms. The summed E-state index contributed by atoms with van der Waals surface area (Å²) in [7, 11) is 4.69. The lowest BCUT2D eigenvalue weighted by Gasteiger charge is -2.45. The van der Waals surface area contributed by atoms with Gasteiger partial charge in [0.05, 0.1) is 27.4 Å². The van der Waals surface area contributed by atoms with E-state index in [2.05, 4.69) is 6.92 Å². The van der Waals surface area contributed by atoms with Crippen molar-refractivity contribution in [1.29, 1.82) is 0 Å². The van der Waals surface area contributed by atoms with Crippen LogP contribution in [0.4, 0.5) is 0 Å². The molecule has 0 bridgehead atoms. The average molecular weight is 372 g/mol. The average Bonchev–Trinajstić information content (AvgIpc) is 2.67. The molecule has 0 unspecified atom stereocenters. The van der Waals surface area contributed by atoms with Crippen molar-refractivity contribution in [3.8, 4) is 17.2 Å². The van der Waals surface area contributed by atoms with Crippen LogP contribution < -0.4 is 14.2 Å². The molecule has 0 aromatic heterocycles. The SMILES string of the molecule is COc1ccc(/C=C2/C[C@@]3(C)C(=C(C)C2=O)CCC[C@@H]3O)c(OC)c1OC. The standard InChI is InChI=1S/C22H28O5/c1-13-16-7-6-8-18(23)22(16,2)12-15(19(13)24)11-14-9-10-17(25-3)21(27-5)20(14)26-4/h9-11,18,23H,6-8,12H2,1-5H3/b15-11-/t18-,22-/m0/s1. The maximum absolute atomic E-state index is 13.0. The molecule has 0 amide bonds. The first-order valence-corrected chi connectivity index (χ1v) is 9.30. The van der Waals surface area contributed by atoms with Crippen LogP contribution in [-0.4, -0.2) is 38.3 Å². The highest BCUT2D eigenvalue weighted by Crippen LogP contribution is 2.51. The van der Waals surface area contributed by atoms with Gasteiger partial charge < -0.3 is 19.3 Å². The third kappa shape index (κ3) is 3.14. The van der Waals surface area contributed by atoms with Gasteiger partial charge in [0.25, 0.3) is 0 Å². The topological polar surface area (TPSA) is 65.0 Å². The van der Waals surface area contributed by atoms with Crippen molar-refractivity contribution in [3.05, 3.63) is 34.4 Å². The smallest absolute Gasteiger partial charge is 0.203 e. The fraction of sp³-hybridized carbons (Fsp3) is 0.500. The summed E-state index contributed by atoms with van der Waals surface area (Å²) in [5.74, 6) is 1.64. The Morgan fingerprint density at radius 3 is 2.48 bits per heavy atom. The number of rotatable bonds is 4. The van der Waals surface area contributed by atoms with Gasteiger partial charge in [-0.05, 0) is 56.4 Å². The Hall–Kier alpha value is -2.27. The monoisotopic (exact) mass is 372 g/mol. The summed E-state index contributed by atoms with van der Waals surface area (Å²) in [6.45, 7) is 3.95. The van der Waals surface area contributed by atoms with E-state index in [1.165, 1.54) is 0 Å². The lowest BCUT2D eigenvalue weighted by Crippen LogP contribution is -2.42. The number of carbonyl (C=O) groups is 1. The minimum atomic E-state index is -0.431. The predicted octanol–water partition coefficient (Wildman–Crippen LogP) is 3.94. The van der Waals surface area contributed by atoms with Crippen LogP contribution in [0, 0.1) is 5.41 Å². The zero-order valence-corrected chi connectivity index (χ0v) is 16.7. The molecule has 0 spiro atoms. The number of hydrogen-bond acceptors (Lipinski definition) is 5. The van der Waals surface area contributed by atoms with Crippen LogP contribution in [0.2, 0.25) is 0 Å². The molecule has 146 valence electrons. The van der Waals surface area contributed by atoms with Gasteiger partial charge in [-0.25, -0.2) is 0 Å². The fourth-order valence-corrected chi connectivity index (χ4v) is 4.51. The Morgan fingerprint density at radius 2 is 1.85 bits per heavy atom. The Kier molecular flexibility index (Phi) is 5.33. The van der Waals surface area contributed by atoms with Crippen molar-refractivity contribution < 1.29 is 24.1 Å². The second-order valence-electron chi connectivity index (χ2n) is 7.53. The molecule has 0 aliphatic heterocycles. The van der Waals surface area contributed by atoms with E-state index in [0.29, 0.717) is 29.2 Å². The summed E-state index contributed by atoms with van der Waals surface area (Å²) in [6, 6.07) is 3.65. The van der Waals surface area contributed by atoms with E-state index in [4.69, 9.17) is 14.2 Å². The molecule has 2 atom stereocenters. The molecule has 3 rings (SSSR count).